The van der Waals surface area contributed by atoms with Gasteiger partial charge in [-0.3, -0.25) is 4.79 Å². The van der Waals surface area contributed by atoms with Crippen LogP contribution >= 0.6 is 11.9 Å². The number of benzene rings is 1. The first-order valence-electron chi connectivity index (χ1n) is 12.3. The summed E-state index contributed by atoms with van der Waals surface area (Å²) in [6, 6.07) is 10.6. The molecule has 2 aromatic rings. The number of amides is 1. The molecule has 1 aliphatic carbocycles. The van der Waals surface area contributed by atoms with Crippen LogP contribution in [0.3, 0.4) is 0 Å². The van der Waals surface area contributed by atoms with E-state index in [0.717, 1.165) is 50.5 Å². The number of pyridine rings is 1. The quantitative estimate of drug-likeness (QED) is 0.487. The molecule has 1 spiro atoms. The van der Waals surface area contributed by atoms with E-state index in [1.54, 1.807) is 24.3 Å². The van der Waals surface area contributed by atoms with Gasteiger partial charge in [-0.05, 0) is 73.4 Å². The molecule has 2 saturated heterocycles. The molecule has 11 heteroatoms. The molecule has 0 unspecified atom stereocenters. The summed E-state index contributed by atoms with van der Waals surface area (Å²) < 4.78 is 46.0. The fourth-order valence-corrected chi connectivity index (χ4v) is 5.32. The third kappa shape index (κ3) is 6.18. The van der Waals surface area contributed by atoms with Crippen LogP contribution in [0.15, 0.2) is 36.4 Å². The number of halogens is 3. The molecule has 2 aliphatic heterocycles. The molecular formula is C25H30F3N5O2S. The number of anilines is 4. The number of hydrogen-bond acceptors (Lipinski definition) is 7. The number of nitrogens with one attached hydrogen (secondary N) is 2. The molecule has 3 fully saturated rings. The highest BCUT2D eigenvalue weighted by atomic mass is 32.2. The standard InChI is InChI=1S/C25H30F3N5O2S/c26-25(27,28)17-36-31-18-4-5-19(20(16-18)32-10-8-24(6-7-24)9-11-32)23(34)30-21-2-1-3-22(29-21)33-12-14-35-15-13-33/h1-5,16,31H,6-15,17H2,(H,29,30,34). The smallest absolute Gasteiger partial charge is 0.378 e. The first-order chi connectivity index (χ1) is 17.3. The largest absolute Gasteiger partial charge is 0.399 e. The maximum absolute atomic E-state index is 13.4. The maximum atomic E-state index is 13.4. The number of ether oxygens (including phenoxy) is 1. The Labute approximate surface area is 212 Å². The molecule has 7 nitrogen and oxygen atoms in total. The average molecular weight is 522 g/mol. The molecule has 1 saturated carbocycles. The average Bonchev–Trinajstić information content (AvgIpc) is 3.63. The Hall–Kier alpha value is -2.66. The summed E-state index contributed by atoms with van der Waals surface area (Å²) in [5.74, 6) is -0.0586. The van der Waals surface area contributed by atoms with Gasteiger partial charge in [-0.1, -0.05) is 6.07 Å². The maximum Gasteiger partial charge on any atom is 0.399 e. The lowest BCUT2D eigenvalue weighted by Gasteiger charge is -2.35. The second-order valence-electron chi connectivity index (χ2n) is 9.66. The normalized spacial score (nSPS) is 19.3. The highest BCUT2D eigenvalue weighted by Gasteiger charge is 2.44. The van der Waals surface area contributed by atoms with Crippen LogP contribution in [-0.4, -0.2) is 62.2 Å². The number of carbonyl (C=O) groups is 1. The summed E-state index contributed by atoms with van der Waals surface area (Å²) in [5, 5.41) is 2.92. The number of rotatable bonds is 7. The lowest BCUT2D eigenvalue weighted by molar-refractivity contribution is -0.105. The zero-order valence-corrected chi connectivity index (χ0v) is 20.8. The van der Waals surface area contributed by atoms with Gasteiger partial charge in [0.1, 0.15) is 17.4 Å². The number of hydrogen-bond donors (Lipinski definition) is 2. The predicted molar refractivity (Wildman–Crippen MR) is 137 cm³/mol. The fraction of sp³-hybridized carbons (Fsp3) is 0.520. The van der Waals surface area contributed by atoms with E-state index in [2.05, 4.69) is 24.8 Å². The van der Waals surface area contributed by atoms with Gasteiger partial charge in [0, 0.05) is 31.9 Å². The first kappa shape index (κ1) is 25.0. The van der Waals surface area contributed by atoms with Gasteiger partial charge in [-0.15, -0.1) is 0 Å². The minimum atomic E-state index is -4.26. The monoisotopic (exact) mass is 521 g/mol. The number of aromatic nitrogens is 1. The van der Waals surface area contributed by atoms with E-state index in [9.17, 15) is 18.0 Å². The van der Waals surface area contributed by atoms with E-state index < -0.39 is 11.9 Å². The second-order valence-corrected chi connectivity index (χ2v) is 10.4. The summed E-state index contributed by atoms with van der Waals surface area (Å²) >= 11 is 0.593. The van der Waals surface area contributed by atoms with Gasteiger partial charge in [0.25, 0.3) is 5.91 Å². The molecule has 3 heterocycles. The van der Waals surface area contributed by atoms with E-state index in [1.165, 1.54) is 12.8 Å². The Kier molecular flexibility index (Phi) is 7.21. The van der Waals surface area contributed by atoms with Crippen LogP contribution < -0.4 is 19.8 Å². The Morgan fingerprint density at radius 3 is 2.47 bits per heavy atom. The molecule has 1 aromatic heterocycles. The van der Waals surface area contributed by atoms with Crippen molar-refractivity contribution in [1.29, 1.82) is 0 Å². The van der Waals surface area contributed by atoms with Crippen LogP contribution in [0.5, 0.6) is 0 Å². The predicted octanol–water partition coefficient (Wildman–Crippen LogP) is 5.17. The highest BCUT2D eigenvalue weighted by molar-refractivity contribution is 8.00. The van der Waals surface area contributed by atoms with Crippen molar-refractivity contribution in [2.75, 3.05) is 65.0 Å². The highest BCUT2D eigenvalue weighted by Crippen LogP contribution is 2.54. The fourth-order valence-electron chi connectivity index (χ4n) is 4.79. The molecule has 5 rings (SSSR count). The Balaban J connectivity index is 1.33. The van der Waals surface area contributed by atoms with Gasteiger partial charge in [0.05, 0.1) is 24.5 Å². The van der Waals surface area contributed by atoms with Crippen molar-refractivity contribution in [2.45, 2.75) is 31.9 Å². The zero-order valence-electron chi connectivity index (χ0n) is 19.9. The molecule has 0 radical (unpaired) electrons. The van der Waals surface area contributed by atoms with Crippen molar-refractivity contribution in [1.82, 2.24) is 4.98 Å². The third-order valence-electron chi connectivity index (χ3n) is 7.10. The number of carbonyl (C=O) groups excluding carboxylic acids is 1. The third-order valence-corrected chi connectivity index (χ3v) is 7.95. The minimum Gasteiger partial charge on any atom is -0.378 e. The van der Waals surface area contributed by atoms with E-state index in [0.29, 0.717) is 47.6 Å². The van der Waals surface area contributed by atoms with Crippen LogP contribution in [0.4, 0.5) is 36.2 Å². The van der Waals surface area contributed by atoms with Gasteiger partial charge in [-0.25, -0.2) is 4.98 Å². The summed E-state index contributed by atoms with van der Waals surface area (Å²) in [5.41, 5.74) is 2.20. The molecule has 2 N–H and O–H groups in total. The molecule has 194 valence electrons. The van der Waals surface area contributed by atoms with Crippen LogP contribution in [0, 0.1) is 5.41 Å². The number of nitrogens with zero attached hydrogens (tertiary/aromatic N) is 3. The van der Waals surface area contributed by atoms with Crippen molar-refractivity contribution in [2.24, 2.45) is 5.41 Å². The molecule has 0 bridgehead atoms. The van der Waals surface area contributed by atoms with E-state index in [4.69, 9.17) is 4.74 Å². The van der Waals surface area contributed by atoms with Crippen molar-refractivity contribution in [3.05, 3.63) is 42.0 Å². The topological polar surface area (TPSA) is 69.7 Å². The molecule has 3 aliphatic rings. The molecule has 36 heavy (non-hydrogen) atoms. The van der Waals surface area contributed by atoms with Gasteiger partial charge in [0.2, 0.25) is 0 Å². The molecule has 1 aromatic carbocycles. The van der Waals surface area contributed by atoms with Crippen LogP contribution in [-0.2, 0) is 4.74 Å². The summed E-state index contributed by atoms with van der Waals surface area (Å²) in [4.78, 5) is 22.3. The van der Waals surface area contributed by atoms with Crippen molar-refractivity contribution in [3.8, 4) is 0 Å². The van der Waals surface area contributed by atoms with Gasteiger partial charge in [-0.2, -0.15) is 13.2 Å². The van der Waals surface area contributed by atoms with Crippen LogP contribution in [0.25, 0.3) is 0 Å². The van der Waals surface area contributed by atoms with E-state index in [1.807, 2.05) is 12.1 Å². The zero-order chi connectivity index (χ0) is 25.2. The minimum absolute atomic E-state index is 0.294. The van der Waals surface area contributed by atoms with Gasteiger partial charge in [0.15, 0.2) is 0 Å². The van der Waals surface area contributed by atoms with Crippen molar-refractivity contribution < 1.29 is 22.7 Å². The molecule has 0 atom stereocenters. The summed E-state index contributed by atoms with van der Waals surface area (Å²) in [6.45, 7) is 4.41. The second kappa shape index (κ2) is 10.4. The number of alkyl halides is 3. The lowest BCUT2D eigenvalue weighted by Crippen LogP contribution is -2.37. The SMILES string of the molecule is O=C(Nc1cccc(N2CCOCC2)n1)c1ccc(NSCC(F)(F)F)cc1N1CCC2(CC1)CC2. The number of morpholine rings is 1. The Bertz CT molecular complexity index is 1080. The Morgan fingerprint density at radius 2 is 1.78 bits per heavy atom. The first-order valence-corrected chi connectivity index (χ1v) is 13.2. The molecular weight excluding hydrogens is 491 g/mol. The van der Waals surface area contributed by atoms with E-state index >= 15 is 0 Å². The summed E-state index contributed by atoms with van der Waals surface area (Å²) in [7, 11) is 0. The summed E-state index contributed by atoms with van der Waals surface area (Å²) in [6.07, 6.45) is 0.397. The van der Waals surface area contributed by atoms with Crippen LogP contribution in [0.1, 0.15) is 36.0 Å². The van der Waals surface area contributed by atoms with Crippen molar-refractivity contribution in [3.63, 3.8) is 0 Å². The lowest BCUT2D eigenvalue weighted by atomic mass is 9.93. The van der Waals surface area contributed by atoms with Gasteiger partial charge >= 0.3 is 6.18 Å². The van der Waals surface area contributed by atoms with Gasteiger partial charge < -0.3 is 24.6 Å². The van der Waals surface area contributed by atoms with Crippen LogP contribution in [0.2, 0.25) is 0 Å². The Morgan fingerprint density at radius 1 is 1.03 bits per heavy atom. The number of piperidine rings is 1. The molecule has 1 amide bonds. The van der Waals surface area contributed by atoms with Crippen molar-refractivity contribution >= 4 is 40.9 Å². The van der Waals surface area contributed by atoms with E-state index in [-0.39, 0.29) is 5.91 Å².